The first kappa shape index (κ1) is 27.1. The largest absolute Gasteiger partial charge is 0.444 e. The number of nitrogens with zero attached hydrogens (tertiary/aromatic N) is 5. The van der Waals surface area contributed by atoms with Crippen LogP contribution in [0.2, 0.25) is 18.1 Å². The van der Waals surface area contributed by atoms with Gasteiger partial charge in [-0.15, -0.1) is 0 Å². The van der Waals surface area contributed by atoms with Crippen molar-refractivity contribution in [2.24, 2.45) is 7.05 Å². The number of anilines is 2. The summed E-state index contributed by atoms with van der Waals surface area (Å²) in [4.78, 5) is 24.3. The molecule has 0 spiro atoms. The van der Waals surface area contributed by atoms with Crippen LogP contribution in [0.5, 0.6) is 0 Å². The van der Waals surface area contributed by atoms with Crippen LogP contribution in [-0.2, 0) is 11.5 Å². The Balaban J connectivity index is 1.37. The van der Waals surface area contributed by atoms with Crippen molar-refractivity contribution in [3.8, 4) is 11.5 Å². The number of aromatic nitrogens is 4. The molecule has 5 rings (SSSR count). The van der Waals surface area contributed by atoms with Gasteiger partial charge in [-0.25, -0.2) is 4.98 Å². The number of amides is 1. The van der Waals surface area contributed by atoms with E-state index in [1.165, 1.54) is 6.26 Å². The summed E-state index contributed by atoms with van der Waals surface area (Å²) in [7, 11) is 0.101. The lowest BCUT2D eigenvalue weighted by atomic mass is 10.1. The van der Waals surface area contributed by atoms with Gasteiger partial charge in [0.2, 0.25) is 5.89 Å². The lowest BCUT2D eigenvalue weighted by molar-refractivity contribution is 0.102. The molecule has 39 heavy (non-hydrogen) atoms. The molecule has 1 aliphatic rings. The molecule has 1 aromatic carbocycles. The van der Waals surface area contributed by atoms with Gasteiger partial charge in [-0.1, -0.05) is 20.8 Å². The molecule has 9 nitrogen and oxygen atoms in total. The van der Waals surface area contributed by atoms with Crippen molar-refractivity contribution >= 4 is 36.5 Å². The van der Waals surface area contributed by atoms with Crippen LogP contribution in [0.15, 0.2) is 47.3 Å². The summed E-state index contributed by atoms with van der Waals surface area (Å²) in [6, 6.07) is 7.79. The monoisotopic (exact) mass is 546 g/mol. The predicted molar refractivity (Wildman–Crippen MR) is 157 cm³/mol. The first-order chi connectivity index (χ1) is 18.4. The summed E-state index contributed by atoms with van der Waals surface area (Å²) in [5.74, 6) is 0.0637. The first-order valence-corrected chi connectivity index (χ1v) is 16.4. The fourth-order valence-electron chi connectivity index (χ4n) is 4.73. The molecule has 1 fully saturated rings. The molecule has 10 heteroatoms. The summed E-state index contributed by atoms with van der Waals surface area (Å²) in [5, 5.41) is 8.65. The maximum absolute atomic E-state index is 13.3. The zero-order valence-corrected chi connectivity index (χ0v) is 24.9. The van der Waals surface area contributed by atoms with E-state index in [0.717, 1.165) is 59.5 Å². The fraction of sp³-hybridized carbons (Fsp3) is 0.448. The molecule has 3 aromatic heterocycles. The number of piperidine rings is 1. The quantitative estimate of drug-likeness (QED) is 0.289. The number of pyridine rings is 1. The van der Waals surface area contributed by atoms with Gasteiger partial charge < -0.3 is 19.1 Å². The van der Waals surface area contributed by atoms with Crippen molar-refractivity contribution in [2.75, 3.05) is 23.3 Å². The van der Waals surface area contributed by atoms with Crippen LogP contribution in [0.25, 0.3) is 22.4 Å². The number of nitrogens with one attached hydrogen (secondary N) is 1. The highest BCUT2D eigenvalue weighted by atomic mass is 28.4. The van der Waals surface area contributed by atoms with E-state index in [0.29, 0.717) is 5.89 Å². The lowest BCUT2D eigenvalue weighted by Gasteiger charge is -2.42. The summed E-state index contributed by atoms with van der Waals surface area (Å²) in [6.07, 6.45) is 7.05. The summed E-state index contributed by atoms with van der Waals surface area (Å²) < 4.78 is 14.2. The number of benzene rings is 1. The van der Waals surface area contributed by atoms with Crippen LogP contribution in [0, 0.1) is 6.92 Å². The molecular weight excluding hydrogens is 508 g/mol. The zero-order valence-electron chi connectivity index (χ0n) is 23.9. The molecule has 0 radical (unpaired) electrons. The van der Waals surface area contributed by atoms with E-state index in [-0.39, 0.29) is 22.7 Å². The van der Waals surface area contributed by atoms with Gasteiger partial charge in [0, 0.05) is 49.1 Å². The number of aryl methyl sites for hydroxylation is 2. The maximum atomic E-state index is 13.3. The number of carbonyl (C=O) groups excluding carboxylic acids is 1. The Labute approximate surface area is 230 Å². The first-order valence-electron chi connectivity index (χ1n) is 13.5. The van der Waals surface area contributed by atoms with Crippen LogP contribution in [0.1, 0.15) is 49.8 Å². The Hall–Kier alpha value is -3.50. The van der Waals surface area contributed by atoms with Crippen LogP contribution in [0.3, 0.4) is 0 Å². The average Bonchev–Trinajstić information content (AvgIpc) is 3.51. The van der Waals surface area contributed by atoms with Crippen molar-refractivity contribution in [3.63, 3.8) is 0 Å². The Morgan fingerprint density at radius 3 is 2.62 bits per heavy atom. The van der Waals surface area contributed by atoms with Crippen LogP contribution in [-0.4, -0.2) is 53.2 Å². The SMILES string of the molecule is Cc1cc(-c2nc(C(=O)Nc3cc4cnn(C)c4cc3N3CCC(O[Si](C)(C)C(C)(C)C)CC3)co2)ccn1. The Morgan fingerprint density at radius 1 is 1.18 bits per heavy atom. The van der Waals surface area contributed by atoms with E-state index in [4.69, 9.17) is 8.84 Å². The molecule has 1 saturated heterocycles. The van der Waals surface area contributed by atoms with Gasteiger partial charge in [0.15, 0.2) is 14.0 Å². The molecule has 0 unspecified atom stereocenters. The number of carbonyl (C=O) groups is 1. The van der Waals surface area contributed by atoms with Gasteiger partial charge in [0.1, 0.15) is 6.26 Å². The van der Waals surface area contributed by atoms with Gasteiger partial charge in [-0.05, 0) is 62.2 Å². The summed E-state index contributed by atoms with van der Waals surface area (Å²) >= 11 is 0. The lowest BCUT2D eigenvalue weighted by Crippen LogP contribution is -2.47. The Kier molecular flexibility index (Phi) is 7.11. The van der Waals surface area contributed by atoms with Gasteiger partial charge in [-0.2, -0.15) is 5.10 Å². The number of rotatable bonds is 6. The molecule has 0 saturated carbocycles. The zero-order chi connectivity index (χ0) is 27.9. The van der Waals surface area contributed by atoms with Crippen LogP contribution < -0.4 is 10.2 Å². The van der Waals surface area contributed by atoms with E-state index >= 15 is 0 Å². The summed E-state index contributed by atoms with van der Waals surface area (Å²) in [6.45, 7) is 15.1. The number of hydrogen-bond acceptors (Lipinski definition) is 7. The Bertz CT molecular complexity index is 1490. The molecule has 4 aromatic rings. The average molecular weight is 547 g/mol. The van der Waals surface area contributed by atoms with Crippen molar-refractivity contribution in [1.29, 1.82) is 0 Å². The molecule has 1 amide bonds. The van der Waals surface area contributed by atoms with Gasteiger partial charge >= 0.3 is 0 Å². The molecule has 0 aliphatic carbocycles. The second-order valence-corrected chi connectivity index (χ2v) is 16.7. The van der Waals surface area contributed by atoms with Crippen molar-refractivity contribution in [2.45, 2.75) is 64.8 Å². The normalized spacial score (nSPS) is 15.2. The van der Waals surface area contributed by atoms with Crippen LogP contribution in [0.4, 0.5) is 11.4 Å². The van der Waals surface area contributed by atoms with E-state index in [2.05, 4.69) is 65.2 Å². The number of hydrogen-bond donors (Lipinski definition) is 1. The van der Waals surface area contributed by atoms with Gasteiger partial charge in [0.25, 0.3) is 5.91 Å². The number of oxazole rings is 1. The Morgan fingerprint density at radius 2 is 1.92 bits per heavy atom. The fourth-order valence-corrected chi connectivity index (χ4v) is 6.16. The van der Waals surface area contributed by atoms with Crippen molar-refractivity contribution < 1.29 is 13.6 Å². The smallest absolute Gasteiger partial charge is 0.277 e. The molecule has 0 atom stereocenters. The third-order valence-electron chi connectivity index (χ3n) is 8.04. The van der Waals surface area contributed by atoms with Gasteiger partial charge in [-0.3, -0.25) is 14.5 Å². The minimum Gasteiger partial charge on any atom is -0.444 e. The molecule has 206 valence electrons. The minimum atomic E-state index is -1.83. The van der Waals surface area contributed by atoms with Crippen molar-refractivity contribution in [1.82, 2.24) is 19.7 Å². The number of fused-ring (bicyclic) bond motifs is 1. The molecule has 1 N–H and O–H groups in total. The van der Waals surface area contributed by atoms with E-state index in [1.54, 1.807) is 6.20 Å². The van der Waals surface area contributed by atoms with E-state index in [1.807, 2.05) is 43.0 Å². The maximum Gasteiger partial charge on any atom is 0.277 e. The standard InChI is InChI=1S/C29H38N6O3Si/c1-19-14-20(8-11-30-19)28-33-24(18-37-28)27(36)32-23-15-21-17-31-34(5)25(21)16-26(23)35-12-9-22(10-13-35)38-39(6,7)29(2,3)4/h8,11,14-18,22H,9-10,12-13H2,1-7H3,(H,32,36). The predicted octanol–water partition coefficient (Wildman–Crippen LogP) is 6.17. The summed E-state index contributed by atoms with van der Waals surface area (Å²) in [5.41, 5.74) is 4.57. The van der Waals surface area contributed by atoms with Crippen LogP contribution >= 0.6 is 0 Å². The highest BCUT2D eigenvalue weighted by molar-refractivity contribution is 6.74. The third kappa shape index (κ3) is 5.62. The van der Waals surface area contributed by atoms with Gasteiger partial charge in [0.05, 0.1) is 23.1 Å². The highest BCUT2D eigenvalue weighted by Crippen LogP contribution is 2.39. The molecule has 4 heterocycles. The highest BCUT2D eigenvalue weighted by Gasteiger charge is 2.39. The second-order valence-electron chi connectivity index (χ2n) is 11.9. The third-order valence-corrected chi connectivity index (χ3v) is 12.6. The van der Waals surface area contributed by atoms with Crippen molar-refractivity contribution in [3.05, 3.63) is 54.3 Å². The van der Waals surface area contributed by atoms with E-state index in [9.17, 15) is 4.79 Å². The minimum absolute atomic E-state index is 0.184. The molecular formula is C29H38N6O3Si. The second kappa shape index (κ2) is 10.2. The molecule has 1 aliphatic heterocycles. The topological polar surface area (TPSA) is 98.3 Å². The van der Waals surface area contributed by atoms with E-state index < -0.39 is 8.32 Å². The molecule has 0 bridgehead atoms.